The SMILES string of the molecule is c1ccc2c(c1)-c1ccccc1C21c2ccccc2-c2ccc(-c3ccc(-c4nc5ccccc5c5ccc6c(c45)-c4ccccc4C64c5ccccc5-c5ccccc54)cc3)cc21. The minimum absolute atomic E-state index is 0.378. The van der Waals surface area contributed by atoms with Gasteiger partial charge in [0.25, 0.3) is 0 Å². The average molecular weight is 808 g/mol. The summed E-state index contributed by atoms with van der Waals surface area (Å²) in [6, 6.07) is 84.2. The topological polar surface area (TPSA) is 12.9 Å². The molecule has 0 aliphatic heterocycles. The van der Waals surface area contributed by atoms with Gasteiger partial charge < -0.3 is 0 Å². The Morgan fingerprint density at radius 2 is 0.672 bits per heavy atom. The van der Waals surface area contributed by atoms with Gasteiger partial charge in [0.2, 0.25) is 0 Å². The third kappa shape index (κ3) is 4.05. The Labute approximate surface area is 371 Å². The van der Waals surface area contributed by atoms with Crippen LogP contribution in [0.1, 0.15) is 44.5 Å². The molecular formula is C63H37N. The Kier molecular flexibility index (Phi) is 6.61. The monoisotopic (exact) mass is 807 g/mol. The van der Waals surface area contributed by atoms with Gasteiger partial charge in [-0.05, 0) is 118 Å². The van der Waals surface area contributed by atoms with Crippen LogP contribution in [0, 0.1) is 0 Å². The highest BCUT2D eigenvalue weighted by molar-refractivity contribution is 6.19. The molecule has 2 spiro atoms. The first-order chi connectivity index (χ1) is 31.8. The van der Waals surface area contributed by atoms with Crippen molar-refractivity contribution in [1.29, 1.82) is 0 Å². The maximum atomic E-state index is 5.59. The van der Waals surface area contributed by atoms with Crippen molar-refractivity contribution in [2.24, 2.45) is 0 Å². The number of benzene rings is 10. The summed E-state index contributed by atoms with van der Waals surface area (Å²) in [5.41, 5.74) is 26.1. The van der Waals surface area contributed by atoms with Crippen molar-refractivity contribution in [1.82, 2.24) is 4.98 Å². The molecular weight excluding hydrogens is 771 g/mol. The molecule has 11 aromatic rings. The summed E-state index contributed by atoms with van der Waals surface area (Å²) in [4.78, 5) is 5.59. The zero-order chi connectivity index (χ0) is 41.7. The molecule has 1 nitrogen and oxygen atoms in total. The molecule has 0 N–H and O–H groups in total. The maximum Gasteiger partial charge on any atom is 0.0794 e. The number of pyridine rings is 1. The quantitative estimate of drug-likeness (QED) is 0.159. The van der Waals surface area contributed by atoms with Crippen molar-refractivity contribution in [2.45, 2.75) is 10.8 Å². The van der Waals surface area contributed by atoms with Gasteiger partial charge in [0, 0.05) is 16.3 Å². The van der Waals surface area contributed by atoms with E-state index in [1.54, 1.807) is 0 Å². The standard InChI is InChI=1S/C63H37N/c1-8-22-50-41(15-1)42-16-2-9-23-51(42)62(50)55-27-13-6-21-49(55)59-56(62)36-35-48-47-20-7-14-28-58(47)64-61(60(48)59)39-31-29-38(30-32-39)40-33-34-46-45-19-5-12-26-54(45)63(57(46)37-40)52-24-10-3-17-43(52)44-18-4-11-25-53(44)63/h1-37H. The zero-order valence-corrected chi connectivity index (χ0v) is 34.8. The van der Waals surface area contributed by atoms with E-state index in [0.29, 0.717) is 0 Å². The van der Waals surface area contributed by atoms with Crippen molar-refractivity contribution in [2.75, 3.05) is 0 Å². The van der Waals surface area contributed by atoms with Gasteiger partial charge in [-0.25, -0.2) is 4.98 Å². The second-order valence-corrected chi connectivity index (χ2v) is 18.0. The molecule has 10 aromatic carbocycles. The molecule has 1 heterocycles. The van der Waals surface area contributed by atoms with Crippen LogP contribution in [0.5, 0.6) is 0 Å². The third-order valence-corrected chi connectivity index (χ3v) is 15.3. The lowest BCUT2D eigenvalue weighted by atomic mass is 9.70. The lowest BCUT2D eigenvalue weighted by Gasteiger charge is -2.30. The number of aromatic nitrogens is 1. The fourth-order valence-electron chi connectivity index (χ4n) is 12.9. The number of rotatable bonds is 2. The van der Waals surface area contributed by atoms with Gasteiger partial charge in [-0.15, -0.1) is 0 Å². The normalized spacial score (nSPS) is 14.5. The Morgan fingerprint density at radius 3 is 1.22 bits per heavy atom. The third-order valence-electron chi connectivity index (χ3n) is 15.3. The van der Waals surface area contributed by atoms with Crippen LogP contribution in [0.4, 0.5) is 0 Å². The predicted octanol–water partition coefficient (Wildman–Crippen LogP) is 15.4. The van der Waals surface area contributed by atoms with Gasteiger partial charge in [-0.3, -0.25) is 0 Å². The van der Waals surface area contributed by atoms with E-state index in [2.05, 4.69) is 224 Å². The first-order valence-electron chi connectivity index (χ1n) is 22.5. The van der Waals surface area contributed by atoms with Crippen molar-refractivity contribution in [3.8, 4) is 66.9 Å². The van der Waals surface area contributed by atoms with Crippen LogP contribution in [0.3, 0.4) is 0 Å². The molecule has 1 heteroatoms. The first kappa shape index (κ1) is 34.5. The molecule has 0 amide bonds. The number of nitrogens with zero attached hydrogens (tertiary/aromatic N) is 1. The van der Waals surface area contributed by atoms with E-state index in [1.165, 1.54) is 116 Å². The number of hydrogen-bond donors (Lipinski definition) is 0. The van der Waals surface area contributed by atoms with Crippen LogP contribution < -0.4 is 0 Å². The summed E-state index contributed by atoms with van der Waals surface area (Å²) in [5.74, 6) is 0. The summed E-state index contributed by atoms with van der Waals surface area (Å²) in [6.45, 7) is 0. The second-order valence-electron chi connectivity index (χ2n) is 18.0. The van der Waals surface area contributed by atoms with E-state index >= 15 is 0 Å². The molecule has 0 fully saturated rings. The Morgan fingerprint density at radius 1 is 0.266 bits per heavy atom. The van der Waals surface area contributed by atoms with Gasteiger partial charge in [0.1, 0.15) is 0 Å². The Balaban J connectivity index is 0.945. The van der Waals surface area contributed by atoms with Crippen LogP contribution in [0.25, 0.3) is 88.6 Å². The van der Waals surface area contributed by atoms with E-state index in [-0.39, 0.29) is 5.41 Å². The predicted molar refractivity (Wildman–Crippen MR) is 263 cm³/mol. The van der Waals surface area contributed by atoms with Gasteiger partial charge in [0.15, 0.2) is 0 Å². The molecule has 0 unspecified atom stereocenters. The number of fused-ring (bicyclic) bond motifs is 24. The smallest absolute Gasteiger partial charge is 0.0794 e. The molecule has 64 heavy (non-hydrogen) atoms. The lowest BCUT2D eigenvalue weighted by Crippen LogP contribution is -2.25. The highest BCUT2D eigenvalue weighted by Gasteiger charge is 2.53. The molecule has 0 bridgehead atoms. The molecule has 294 valence electrons. The maximum absolute atomic E-state index is 5.59. The first-order valence-corrected chi connectivity index (χ1v) is 22.5. The fourth-order valence-corrected chi connectivity index (χ4v) is 12.9. The minimum atomic E-state index is -0.426. The van der Waals surface area contributed by atoms with Crippen LogP contribution in [-0.4, -0.2) is 4.98 Å². The highest BCUT2D eigenvalue weighted by Crippen LogP contribution is 2.65. The number of para-hydroxylation sites is 1. The van der Waals surface area contributed by atoms with Crippen molar-refractivity contribution in [3.05, 3.63) is 269 Å². The lowest BCUT2D eigenvalue weighted by molar-refractivity contribution is 0.794. The molecule has 1 aromatic heterocycles. The minimum Gasteiger partial charge on any atom is -0.247 e. The van der Waals surface area contributed by atoms with Crippen LogP contribution in [-0.2, 0) is 10.8 Å². The van der Waals surface area contributed by atoms with Crippen LogP contribution in [0.15, 0.2) is 224 Å². The molecule has 0 radical (unpaired) electrons. The molecule has 15 rings (SSSR count). The molecule has 0 saturated carbocycles. The van der Waals surface area contributed by atoms with E-state index in [1.807, 2.05) is 0 Å². The summed E-state index contributed by atoms with van der Waals surface area (Å²) in [5, 5.41) is 3.62. The largest absolute Gasteiger partial charge is 0.247 e. The van der Waals surface area contributed by atoms with Gasteiger partial charge in [0.05, 0.1) is 22.0 Å². The van der Waals surface area contributed by atoms with Crippen LogP contribution >= 0.6 is 0 Å². The molecule has 4 aliphatic rings. The molecule has 4 aliphatic carbocycles. The zero-order valence-electron chi connectivity index (χ0n) is 34.8. The summed E-state index contributed by atoms with van der Waals surface area (Å²) >= 11 is 0. The van der Waals surface area contributed by atoms with Gasteiger partial charge >= 0.3 is 0 Å². The van der Waals surface area contributed by atoms with Crippen LogP contribution in [0.2, 0.25) is 0 Å². The van der Waals surface area contributed by atoms with Crippen molar-refractivity contribution in [3.63, 3.8) is 0 Å². The average Bonchev–Trinajstić information content (AvgIpc) is 4.05. The fraction of sp³-hybridized carbons (Fsp3) is 0.0317. The van der Waals surface area contributed by atoms with Gasteiger partial charge in [-0.1, -0.05) is 212 Å². The van der Waals surface area contributed by atoms with E-state index in [9.17, 15) is 0 Å². The van der Waals surface area contributed by atoms with E-state index in [0.717, 1.165) is 16.8 Å². The summed E-state index contributed by atoms with van der Waals surface area (Å²) < 4.78 is 0. The van der Waals surface area contributed by atoms with Gasteiger partial charge in [-0.2, -0.15) is 0 Å². The summed E-state index contributed by atoms with van der Waals surface area (Å²) in [7, 11) is 0. The Hall–Kier alpha value is -8.13. The highest BCUT2D eigenvalue weighted by atomic mass is 14.7. The van der Waals surface area contributed by atoms with Crippen molar-refractivity contribution >= 4 is 21.7 Å². The number of hydrogen-bond acceptors (Lipinski definition) is 1. The van der Waals surface area contributed by atoms with E-state index < -0.39 is 5.41 Å². The second kappa shape index (κ2) is 12.3. The molecule has 0 atom stereocenters. The Bertz CT molecular complexity index is 3740. The molecule has 0 saturated heterocycles. The van der Waals surface area contributed by atoms with Crippen molar-refractivity contribution < 1.29 is 0 Å². The van der Waals surface area contributed by atoms with E-state index in [4.69, 9.17) is 4.98 Å². The summed E-state index contributed by atoms with van der Waals surface area (Å²) in [6.07, 6.45) is 0.